The Hall–Kier alpha value is -3.53. The van der Waals surface area contributed by atoms with Gasteiger partial charge in [-0.15, -0.1) is 0 Å². The maximum atomic E-state index is 13.0. The number of esters is 1. The van der Waals surface area contributed by atoms with E-state index in [1.54, 1.807) is 4.90 Å². The van der Waals surface area contributed by atoms with E-state index in [0.717, 1.165) is 11.7 Å². The van der Waals surface area contributed by atoms with Crippen molar-refractivity contribution in [3.05, 3.63) is 75.0 Å². The van der Waals surface area contributed by atoms with Gasteiger partial charge in [0.2, 0.25) is 0 Å². The van der Waals surface area contributed by atoms with Gasteiger partial charge >= 0.3 is 5.97 Å². The van der Waals surface area contributed by atoms with Gasteiger partial charge in [0.1, 0.15) is 17.4 Å². The fraction of sp³-hybridized carbons (Fsp3) is 0.348. The van der Waals surface area contributed by atoms with Crippen LogP contribution in [0.3, 0.4) is 0 Å². The Balaban J connectivity index is 1.46. The normalized spacial score (nSPS) is 15.5. The average Bonchev–Trinajstić information content (AvgIpc) is 3.44. The van der Waals surface area contributed by atoms with Crippen molar-refractivity contribution >= 4 is 23.6 Å². The molecule has 5 rings (SSSR count). The number of carbonyl (C=O) groups is 2. The number of benzene rings is 1. The topological polar surface area (TPSA) is 104 Å². The van der Waals surface area contributed by atoms with Crippen LogP contribution in [0.1, 0.15) is 37.7 Å². The number of carbonyl (C=O) groups excluding carboxylic acids is 2. The molecule has 170 valence electrons. The maximum absolute atomic E-state index is 13.0. The number of hydrogen-bond acceptors (Lipinski definition) is 8. The molecule has 2 aliphatic rings. The summed E-state index contributed by atoms with van der Waals surface area (Å²) in [6, 6.07) is 9.47. The van der Waals surface area contributed by atoms with E-state index in [1.165, 1.54) is 35.1 Å². The second kappa shape index (κ2) is 8.78. The van der Waals surface area contributed by atoms with Crippen LogP contribution in [0, 0.1) is 0 Å². The molecule has 33 heavy (non-hydrogen) atoms. The first-order valence-corrected chi connectivity index (χ1v) is 11.4. The third kappa shape index (κ3) is 4.02. The van der Waals surface area contributed by atoms with Gasteiger partial charge in [-0.05, 0) is 11.1 Å². The largest absolute Gasteiger partial charge is 0.489 e. The van der Waals surface area contributed by atoms with Crippen LogP contribution >= 0.6 is 11.7 Å². The molecule has 0 bridgehead atoms. The number of fused-ring (bicyclic) bond motifs is 2. The van der Waals surface area contributed by atoms with Gasteiger partial charge < -0.3 is 18.9 Å². The first-order chi connectivity index (χ1) is 16.0. The summed E-state index contributed by atoms with van der Waals surface area (Å²) in [6.45, 7) is 0.913. The quantitative estimate of drug-likeness (QED) is 0.540. The average molecular weight is 467 g/mol. The van der Waals surface area contributed by atoms with Crippen molar-refractivity contribution in [2.24, 2.45) is 0 Å². The van der Waals surface area contributed by atoms with E-state index in [2.05, 4.69) is 20.9 Å². The predicted molar refractivity (Wildman–Crippen MR) is 120 cm³/mol. The monoisotopic (exact) mass is 466 g/mol. The Morgan fingerprint density at radius 2 is 1.88 bits per heavy atom. The van der Waals surface area contributed by atoms with E-state index in [0.29, 0.717) is 38.0 Å². The minimum absolute atomic E-state index is 0.172. The molecule has 0 fully saturated rings. The van der Waals surface area contributed by atoms with E-state index in [-0.39, 0.29) is 41.1 Å². The number of hydrogen-bond donors (Lipinski definition) is 0. The number of aromatic nitrogens is 3. The molecular formula is C23H22N4O5S. The first kappa shape index (κ1) is 21.3. The molecule has 10 heteroatoms. The molecule has 0 spiro atoms. The van der Waals surface area contributed by atoms with Gasteiger partial charge in [0.05, 0.1) is 25.0 Å². The summed E-state index contributed by atoms with van der Waals surface area (Å²) >= 11 is 0.968. The molecule has 1 aliphatic carbocycles. The first-order valence-electron chi connectivity index (χ1n) is 10.7. The number of amides is 1. The Kier molecular flexibility index (Phi) is 5.67. The lowest BCUT2D eigenvalue weighted by Gasteiger charge is -2.20. The van der Waals surface area contributed by atoms with E-state index < -0.39 is 5.97 Å². The summed E-state index contributed by atoms with van der Waals surface area (Å²) in [5.74, 6) is -0.573. The summed E-state index contributed by atoms with van der Waals surface area (Å²) in [5, 5.41) is 0. The SMILES string of the molecule is COC(=O)c1c(OC2Cc3ccccc3C2)cc(=O)n2c1CCN(C(=O)c1cnsn1)CC2. The Morgan fingerprint density at radius 3 is 2.55 bits per heavy atom. The van der Waals surface area contributed by atoms with Gasteiger partial charge in [-0.3, -0.25) is 9.59 Å². The fourth-order valence-electron chi connectivity index (χ4n) is 4.57. The van der Waals surface area contributed by atoms with Gasteiger partial charge in [-0.2, -0.15) is 8.75 Å². The highest BCUT2D eigenvalue weighted by molar-refractivity contribution is 6.99. The van der Waals surface area contributed by atoms with Crippen LogP contribution in [0.5, 0.6) is 5.75 Å². The summed E-state index contributed by atoms with van der Waals surface area (Å²) in [5.41, 5.74) is 3.19. The van der Waals surface area contributed by atoms with Crippen LogP contribution in [0.4, 0.5) is 0 Å². The zero-order valence-electron chi connectivity index (χ0n) is 18.0. The van der Waals surface area contributed by atoms with Crippen LogP contribution in [0.2, 0.25) is 0 Å². The summed E-state index contributed by atoms with van der Waals surface area (Å²) in [7, 11) is 1.31. The summed E-state index contributed by atoms with van der Waals surface area (Å²) in [6.07, 6.45) is 2.99. The van der Waals surface area contributed by atoms with Crippen LogP contribution in [-0.2, 0) is 30.5 Å². The lowest BCUT2D eigenvalue weighted by Crippen LogP contribution is -2.34. The van der Waals surface area contributed by atoms with Crippen molar-refractivity contribution in [1.82, 2.24) is 18.2 Å². The molecule has 2 aromatic heterocycles. The van der Waals surface area contributed by atoms with E-state index >= 15 is 0 Å². The predicted octanol–water partition coefficient (Wildman–Crippen LogP) is 1.73. The highest BCUT2D eigenvalue weighted by atomic mass is 32.1. The van der Waals surface area contributed by atoms with Gasteiger partial charge in [-0.1, -0.05) is 24.3 Å². The molecule has 0 unspecified atom stereocenters. The zero-order chi connectivity index (χ0) is 22.9. The molecule has 1 aliphatic heterocycles. The molecule has 3 heterocycles. The fourth-order valence-corrected chi connectivity index (χ4v) is 4.98. The Bertz CT molecular complexity index is 1250. The van der Waals surface area contributed by atoms with Gasteiger partial charge in [0.15, 0.2) is 5.69 Å². The molecule has 0 radical (unpaired) electrons. The van der Waals surface area contributed by atoms with Crippen molar-refractivity contribution in [3.63, 3.8) is 0 Å². The van der Waals surface area contributed by atoms with Crippen LogP contribution in [0.15, 0.2) is 41.3 Å². The second-order valence-electron chi connectivity index (χ2n) is 8.06. The Labute approximate surface area is 193 Å². The molecule has 1 aromatic carbocycles. The van der Waals surface area contributed by atoms with Crippen molar-refractivity contribution in [2.45, 2.75) is 31.9 Å². The van der Waals surface area contributed by atoms with Crippen molar-refractivity contribution in [3.8, 4) is 5.75 Å². The van der Waals surface area contributed by atoms with Gasteiger partial charge in [-0.25, -0.2) is 4.79 Å². The van der Waals surface area contributed by atoms with Crippen molar-refractivity contribution in [1.29, 1.82) is 0 Å². The number of pyridine rings is 1. The van der Waals surface area contributed by atoms with Crippen molar-refractivity contribution < 1.29 is 19.1 Å². The number of ether oxygens (including phenoxy) is 2. The molecule has 0 saturated carbocycles. The third-order valence-corrected chi connectivity index (χ3v) is 6.64. The maximum Gasteiger partial charge on any atom is 0.343 e. The van der Waals surface area contributed by atoms with Crippen LogP contribution < -0.4 is 10.3 Å². The smallest absolute Gasteiger partial charge is 0.343 e. The molecule has 1 amide bonds. The number of rotatable bonds is 4. The van der Waals surface area contributed by atoms with Gasteiger partial charge in [0.25, 0.3) is 11.5 Å². The minimum Gasteiger partial charge on any atom is -0.489 e. The lowest BCUT2D eigenvalue weighted by molar-refractivity contribution is 0.0590. The van der Waals surface area contributed by atoms with Crippen LogP contribution in [-0.4, -0.2) is 56.4 Å². The number of nitrogens with zero attached hydrogens (tertiary/aromatic N) is 4. The van der Waals surface area contributed by atoms with Crippen molar-refractivity contribution in [2.75, 3.05) is 20.2 Å². The lowest BCUT2D eigenvalue weighted by atomic mass is 10.1. The summed E-state index contributed by atoms with van der Waals surface area (Å²) < 4.78 is 20.7. The van der Waals surface area contributed by atoms with E-state index in [1.807, 2.05) is 12.1 Å². The molecule has 9 nitrogen and oxygen atoms in total. The van der Waals surface area contributed by atoms with E-state index in [4.69, 9.17) is 9.47 Å². The molecular weight excluding hydrogens is 444 g/mol. The summed E-state index contributed by atoms with van der Waals surface area (Å²) in [4.78, 5) is 40.2. The Morgan fingerprint density at radius 1 is 1.12 bits per heavy atom. The minimum atomic E-state index is -0.562. The number of methoxy groups -OCH3 is 1. The third-order valence-electron chi connectivity index (χ3n) is 6.16. The van der Waals surface area contributed by atoms with E-state index in [9.17, 15) is 14.4 Å². The zero-order valence-corrected chi connectivity index (χ0v) is 18.8. The van der Waals surface area contributed by atoms with Crippen LogP contribution in [0.25, 0.3) is 0 Å². The molecule has 0 saturated heterocycles. The molecule has 0 atom stereocenters. The highest BCUT2D eigenvalue weighted by Gasteiger charge is 2.30. The molecule has 0 N–H and O–H groups in total. The second-order valence-corrected chi connectivity index (χ2v) is 8.62. The van der Waals surface area contributed by atoms with Gasteiger partial charge in [0, 0.05) is 50.7 Å². The standard InChI is InChI=1S/C23H22N4O5S/c1-31-23(30)21-18-6-7-26(22(29)17-13-24-33-25-17)8-9-27(18)20(28)12-19(21)32-16-10-14-4-2-3-5-15(14)11-16/h2-5,12-13,16H,6-11H2,1H3. The highest BCUT2D eigenvalue weighted by Crippen LogP contribution is 2.29. The molecule has 3 aromatic rings.